The summed E-state index contributed by atoms with van der Waals surface area (Å²) < 4.78 is 14.3. The minimum absolute atomic E-state index is 0.320. The molecule has 0 spiro atoms. The Morgan fingerprint density at radius 3 is 2.94 bits per heavy atom. The van der Waals surface area contributed by atoms with Crippen LogP contribution in [-0.4, -0.2) is 15.0 Å². The lowest BCUT2D eigenvalue weighted by molar-refractivity contribution is 0.623. The van der Waals surface area contributed by atoms with Crippen LogP contribution in [0.25, 0.3) is 22.4 Å². The van der Waals surface area contributed by atoms with Crippen LogP contribution in [0.3, 0.4) is 0 Å². The van der Waals surface area contributed by atoms with Crippen LogP contribution in [0.5, 0.6) is 0 Å². The lowest BCUT2D eigenvalue weighted by Gasteiger charge is -2.00. The van der Waals surface area contributed by atoms with Gasteiger partial charge in [0, 0.05) is 6.20 Å². The topological polar surface area (TPSA) is 41.6 Å². The molecule has 84 valence electrons. The fraction of sp³-hybridized carbons (Fsp3) is 0. The zero-order valence-electron chi connectivity index (χ0n) is 8.61. The fourth-order valence-corrected chi connectivity index (χ4v) is 2.04. The van der Waals surface area contributed by atoms with E-state index in [1.54, 1.807) is 36.7 Å². The third kappa shape index (κ3) is 1.72. The van der Waals surface area contributed by atoms with E-state index in [1.165, 1.54) is 0 Å². The van der Waals surface area contributed by atoms with Gasteiger partial charge in [-0.2, -0.15) is 0 Å². The standard InChI is InChI=1S/C12H7BrFN3/c13-8-3-1-2-7(11(8)14)12-16-9-4-5-15-6-10(9)17-12/h1-6H,(H,16,17). The molecule has 0 fully saturated rings. The number of hydrogen-bond donors (Lipinski definition) is 1. The molecule has 2 aromatic heterocycles. The smallest absolute Gasteiger partial charge is 0.148 e. The SMILES string of the molecule is Fc1c(Br)cccc1-c1nc2ccncc2[nH]1. The Bertz CT molecular complexity index is 660. The molecule has 0 amide bonds. The fourth-order valence-electron chi connectivity index (χ4n) is 1.67. The number of aromatic amines is 1. The summed E-state index contributed by atoms with van der Waals surface area (Å²) in [6.07, 6.45) is 3.33. The van der Waals surface area contributed by atoms with Gasteiger partial charge in [-0.25, -0.2) is 9.37 Å². The maximum atomic E-state index is 13.9. The Labute approximate surface area is 105 Å². The van der Waals surface area contributed by atoms with Crippen molar-refractivity contribution in [2.75, 3.05) is 0 Å². The van der Waals surface area contributed by atoms with Gasteiger partial charge in [0.15, 0.2) is 0 Å². The second-order valence-corrected chi connectivity index (χ2v) is 4.43. The second kappa shape index (κ2) is 3.92. The van der Waals surface area contributed by atoms with E-state index in [9.17, 15) is 4.39 Å². The molecule has 0 atom stereocenters. The third-order valence-electron chi connectivity index (χ3n) is 2.49. The summed E-state index contributed by atoms with van der Waals surface area (Å²) in [4.78, 5) is 11.4. The van der Waals surface area contributed by atoms with Gasteiger partial charge >= 0.3 is 0 Å². The Morgan fingerprint density at radius 2 is 2.12 bits per heavy atom. The molecule has 0 saturated carbocycles. The molecule has 0 bridgehead atoms. The van der Waals surface area contributed by atoms with Gasteiger partial charge in [-0.3, -0.25) is 4.98 Å². The number of nitrogens with one attached hydrogen (secondary N) is 1. The minimum Gasteiger partial charge on any atom is -0.337 e. The molecule has 0 unspecified atom stereocenters. The highest BCUT2D eigenvalue weighted by Crippen LogP contribution is 2.27. The van der Waals surface area contributed by atoms with Crippen molar-refractivity contribution in [3.8, 4) is 11.4 Å². The summed E-state index contributed by atoms with van der Waals surface area (Å²) in [5.41, 5.74) is 2.01. The summed E-state index contributed by atoms with van der Waals surface area (Å²) in [6, 6.07) is 6.90. The van der Waals surface area contributed by atoms with E-state index in [-0.39, 0.29) is 5.82 Å². The Kier molecular flexibility index (Phi) is 2.40. The minimum atomic E-state index is -0.320. The molecule has 0 aliphatic carbocycles. The van der Waals surface area contributed by atoms with Crippen LogP contribution in [-0.2, 0) is 0 Å². The van der Waals surface area contributed by atoms with Crippen LogP contribution >= 0.6 is 15.9 Å². The van der Waals surface area contributed by atoms with Gasteiger partial charge < -0.3 is 4.98 Å². The van der Waals surface area contributed by atoms with Crippen molar-refractivity contribution in [1.82, 2.24) is 15.0 Å². The highest BCUT2D eigenvalue weighted by atomic mass is 79.9. The van der Waals surface area contributed by atoms with E-state index in [2.05, 4.69) is 30.9 Å². The summed E-state index contributed by atoms with van der Waals surface area (Å²) in [5.74, 6) is 0.186. The van der Waals surface area contributed by atoms with Crippen LogP contribution in [0.2, 0.25) is 0 Å². The zero-order valence-corrected chi connectivity index (χ0v) is 10.2. The Morgan fingerprint density at radius 1 is 1.24 bits per heavy atom. The summed E-state index contributed by atoms with van der Waals surface area (Å²) in [7, 11) is 0. The van der Waals surface area contributed by atoms with Gasteiger partial charge in [0.05, 0.1) is 27.3 Å². The van der Waals surface area contributed by atoms with Crippen molar-refractivity contribution in [2.24, 2.45) is 0 Å². The number of rotatable bonds is 1. The van der Waals surface area contributed by atoms with Crippen molar-refractivity contribution in [3.05, 3.63) is 46.9 Å². The van der Waals surface area contributed by atoms with Gasteiger partial charge in [-0.05, 0) is 34.1 Å². The maximum absolute atomic E-state index is 13.9. The van der Waals surface area contributed by atoms with Gasteiger partial charge in [-0.15, -0.1) is 0 Å². The van der Waals surface area contributed by atoms with Crippen LogP contribution in [0.4, 0.5) is 4.39 Å². The van der Waals surface area contributed by atoms with Gasteiger partial charge in [0.25, 0.3) is 0 Å². The molecule has 3 aromatic rings. The normalized spacial score (nSPS) is 10.9. The molecule has 0 aliphatic rings. The summed E-state index contributed by atoms with van der Waals surface area (Å²) in [5, 5.41) is 0. The maximum Gasteiger partial charge on any atom is 0.148 e. The largest absolute Gasteiger partial charge is 0.337 e. The summed E-state index contributed by atoms with van der Waals surface area (Å²) in [6.45, 7) is 0. The number of imidazole rings is 1. The van der Waals surface area contributed by atoms with E-state index < -0.39 is 0 Å². The average molecular weight is 292 g/mol. The monoisotopic (exact) mass is 291 g/mol. The van der Waals surface area contributed by atoms with E-state index >= 15 is 0 Å². The number of nitrogens with zero attached hydrogens (tertiary/aromatic N) is 2. The van der Waals surface area contributed by atoms with Gasteiger partial charge in [0.1, 0.15) is 11.6 Å². The first-order chi connectivity index (χ1) is 8.25. The number of H-pyrrole nitrogens is 1. The number of aromatic nitrogens is 3. The van der Waals surface area contributed by atoms with Crippen LogP contribution in [0, 0.1) is 5.82 Å². The summed E-state index contributed by atoms with van der Waals surface area (Å²) >= 11 is 3.16. The van der Waals surface area contributed by atoms with Crippen molar-refractivity contribution < 1.29 is 4.39 Å². The van der Waals surface area contributed by atoms with Crippen molar-refractivity contribution in [2.45, 2.75) is 0 Å². The highest BCUT2D eigenvalue weighted by molar-refractivity contribution is 9.10. The molecule has 1 aromatic carbocycles. The number of fused-ring (bicyclic) bond motifs is 1. The van der Waals surface area contributed by atoms with E-state index in [4.69, 9.17) is 0 Å². The predicted octanol–water partition coefficient (Wildman–Crippen LogP) is 3.53. The number of hydrogen-bond acceptors (Lipinski definition) is 2. The lowest BCUT2D eigenvalue weighted by Crippen LogP contribution is -1.87. The zero-order chi connectivity index (χ0) is 11.8. The first kappa shape index (κ1) is 10.4. The second-order valence-electron chi connectivity index (χ2n) is 3.58. The quantitative estimate of drug-likeness (QED) is 0.745. The Hall–Kier alpha value is -1.75. The molecular weight excluding hydrogens is 285 g/mol. The van der Waals surface area contributed by atoms with Crippen LogP contribution in [0.1, 0.15) is 0 Å². The van der Waals surface area contributed by atoms with Gasteiger partial charge in [-0.1, -0.05) is 6.07 Å². The first-order valence-electron chi connectivity index (χ1n) is 5.00. The Balaban J connectivity index is 2.24. The molecule has 1 N–H and O–H groups in total. The van der Waals surface area contributed by atoms with Crippen molar-refractivity contribution in [1.29, 1.82) is 0 Å². The van der Waals surface area contributed by atoms with Crippen molar-refractivity contribution >= 4 is 27.0 Å². The molecule has 0 saturated heterocycles. The molecule has 5 heteroatoms. The lowest BCUT2D eigenvalue weighted by atomic mass is 10.2. The van der Waals surface area contributed by atoms with Crippen molar-refractivity contribution in [3.63, 3.8) is 0 Å². The molecule has 3 nitrogen and oxygen atoms in total. The first-order valence-corrected chi connectivity index (χ1v) is 5.79. The van der Waals surface area contributed by atoms with E-state index in [0.29, 0.717) is 15.9 Å². The number of pyridine rings is 1. The average Bonchev–Trinajstić information content (AvgIpc) is 2.76. The molecule has 0 aliphatic heterocycles. The molecule has 0 radical (unpaired) electrons. The third-order valence-corrected chi connectivity index (χ3v) is 3.10. The van der Waals surface area contributed by atoms with Crippen LogP contribution < -0.4 is 0 Å². The predicted molar refractivity (Wildman–Crippen MR) is 67.0 cm³/mol. The van der Waals surface area contributed by atoms with E-state index in [1.807, 2.05) is 0 Å². The number of halogens is 2. The number of benzene rings is 1. The highest BCUT2D eigenvalue weighted by Gasteiger charge is 2.11. The molecular formula is C12H7BrFN3. The molecule has 2 heterocycles. The van der Waals surface area contributed by atoms with Gasteiger partial charge in [0.2, 0.25) is 0 Å². The van der Waals surface area contributed by atoms with Crippen LogP contribution in [0.15, 0.2) is 41.1 Å². The molecule has 3 rings (SSSR count). The molecule has 17 heavy (non-hydrogen) atoms. The van der Waals surface area contributed by atoms with E-state index in [0.717, 1.165) is 11.0 Å².